The van der Waals surface area contributed by atoms with Crippen LogP contribution in [0.25, 0.3) is 22.6 Å². The van der Waals surface area contributed by atoms with Crippen molar-refractivity contribution in [3.8, 4) is 22.6 Å². The first-order chi connectivity index (χ1) is 13.6. The van der Waals surface area contributed by atoms with Crippen LogP contribution >= 0.6 is 11.6 Å². The number of halogens is 1. The molecular formula is C19H18ClN3O5S. The summed E-state index contributed by atoms with van der Waals surface area (Å²) < 4.78 is 29.3. The Morgan fingerprint density at radius 1 is 1.14 bits per heavy atom. The third-order valence-electron chi connectivity index (χ3n) is 4.13. The lowest BCUT2D eigenvalue weighted by molar-refractivity contribution is -0.0392. The second-order valence-electron chi connectivity index (χ2n) is 6.30. The molecule has 0 aliphatic heterocycles. The number of nitrogens with two attached hydrogens (primary N) is 1. The summed E-state index contributed by atoms with van der Waals surface area (Å²) in [6, 6.07) is 12.2. The molecule has 3 N–H and O–H groups in total. The number of nitrogens with zero attached hydrogens (tertiary/aromatic N) is 2. The molecule has 0 aliphatic rings. The summed E-state index contributed by atoms with van der Waals surface area (Å²) in [5.74, 6) is 0.727. The lowest BCUT2D eigenvalue weighted by Gasteiger charge is -2.09. The first-order valence-electron chi connectivity index (χ1n) is 8.47. The predicted octanol–water partition coefficient (Wildman–Crippen LogP) is 3.38. The number of aromatic nitrogens is 1. The highest BCUT2D eigenvalue weighted by Crippen LogP contribution is 2.34. The SMILES string of the molecule is CS(=O)(=O)c1ccc(-c2nc(CCN(O)C(N)=O)oc2-c2ccc(Cl)cc2)cc1. The van der Waals surface area contributed by atoms with Crippen LogP contribution in [0.4, 0.5) is 4.79 Å². The number of carbonyl (C=O) groups excluding carboxylic acids is 1. The number of hydrogen-bond acceptors (Lipinski definition) is 6. The second-order valence-corrected chi connectivity index (χ2v) is 8.75. The van der Waals surface area contributed by atoms with Crippen LogP contribution in [0.15, 0.2) is 57.8 Å². The number of oxazole rings is 1. The molecule has 0 aliphatic carbocycles. The van der Waals surface area contributed by atoms with Gasteiger partial charge in [0.15, 0.2) is 21.5 Å². The van der Waals surface area contributed by atoms with Crippen LogP contribution in [0.5, 0.6) is 0 Å². The van der Waals surface area contributed by atoms with Crippen LogP contribution < -0.4 is 5.73 Å². The molecule has 1 heterocycles. The third-order valence-corrected chi connectivity index (χ3v) is 5.51. The molecular weight excluding hydrogens is 418 g/mol. The van der Waals surface area contributed by atoms with Gasteiger partial charge in [0.1, 0.15) is 5.69 Å². The number of hydrogen-bond donors (Lipinski definition) is 2. The van der Waals surface area contributed by atoms with Gasteiger partial charge in [-0.25, -0.2) is 23.3 Å². The van der Waals surface area contributed by atoms with Crippen LogP contribution in [0.3, 0.4) is 0 Å². The molecule has 0 bridgehead atoms. The Labute approximate surface area is 172 Å². The highest BCUT2D eigenvalue weighted by Gasteiger charge is 2.19. The second kappa shape index (κ2) is 8.24. The van der Waals surface area contributed by atoms with Crippen molar-refractivity contribution in [3.05, 3.63) is 59.4 Å². The van der Waals surface area contributed by atoms with Gasteiger partial charge in [0.25, 0.3) is 0 Å². The molecule has 8 nitrogen and oxygen atoms in total. The molecule has 29 heavy (non-hydrogen) atoms. The summed E-state index contributed by atoms with van der Waals surface area (Å²) >= 11 is 5.96. The Balaban J connectivity index is 2.01. The molecule has 1 aromatic heterocycles. The first-order valence-corrected chi connectivity index (χ1v) is 10.7. The van der Waals surface area contributed by atoms with Crippen molar-refractivity contribution in [1.29, 1.82) is 0 Å². The molecule has 0 saturated heterocycles. The summed E-state index contributed by atoms with van der Waals surface area (Å²) in [4.78, 5) is 15.6. The molecule has 2 aromatic carbocycles. The molecule has 0 fully saturated rings. The standard InChI is InChI=1S/C19H18ClN3O5S/c1-29(26,27)15-8-4-12(5-9-15)17-18(13-2-6-14(20)7-3-13)28-16(22-17)10-11-23(25)19(21)24/h2-9,25H,10-11H2,1H3,(H2,21,24). The number of carbonyl (C=O) groups is 1. The van der Waals surface area contributed by atoms with E-state index in [-0.39, 0.29) is 23.8 Å². The summed E-state index contributed by atoms with van der Waals surface area (Å²) in [6.45, 7) is -0.0949. The van der Waals surface area contributed by atoms with E-state index < -0.39 is 15.9 Å². The fourth-order valence-electron chi connectivity index (χ4n) is 2.64. The molecule has 0 spiro atoms. The largest absolute Gasteiger partial charge is 0.440 e. The van der Waals surface area contributed by atoms with E-state index in [4.69, 9.17) is 21.8 Å². The van der Waals surface area contributed by atoms with Gasteiger partial charge in [-0.1, -0.05) is 23.7 Å². The first kappa shape index (κ1) is 20.8. The Morgan fingerprint density at radius 3 is 2.28 bits per heavy atom. The Kier molecular flexibility index (Phi) is 5.92. The number of rotatable bonds is 6. The third kappa shape index (κ3) is 4.94. The topological polar surface area (TPSA) is 127 Å². The fraction of sp³-hybridized carbons (Fsp3) is 0.158. The average Bonchev–Trinajstić information content (AvgIpc) is 3.10. The molecule has 0 saturated carbocycles. The normalized spacial score (nSPS) is 11.4. The predicted molar refractivity (Wildman–Crippen MR) is 107 cm³/mol. The van der Waals surface area contributed by atoms with Crippen molar-refractivity contribution in [3.63, 3.8) is 0 Å². The minimum atomic E-state index is -3.33. The van der Waals surface area contributed by atoms with E-state index in [1.54, 1.807) is 36.4 Å². The van der Waals surface area contributed by atoms with Crippen LogP contribution in [-0.4, -0.2) is 42.5 Å². The van der Waals surface area contributed by atoms with Crippen molar-refractivity contribution < 1.29 is 22.8 Å². The van der Waals surface area contributed by atoms with E-state index in [1.807, 2.05) is 0 Å². The van der Waals surface area contributed by atoms with E-state index >= 15 is 0 Å². The van der Waals surface area contributed by atoms with Crippen LogP contribution in [0.1, 0.15) is 5.89 Å². The number of sulfone groups is 1. The van der Waals surface area contributed by atoms with Gasteiger partial charge in [-0.3, -0.25) is 5.21 Å². The van der Waals surface area contributed by atoms with Crippen LogP contribution in [0.2, 0.25) is 5.02 Å². The van der Waals surface area contributed by atoms with Gasteiger partial charge in [-0.15, -0.1) is 0 Å². The lowest BCUT2D eigenvalue weighted by atomic mass is 10.1. The van der Waals surface area contributed by atoms with E-state index in [0.717, 1.165) is 6.26 Å². The molecule has 3 rings (SSSR count). The average molecular weight is 436 g/mol. The van der Waals surface area contributed by atoms with Gasteiger partial charge >= 0.3 is 6.03 Å². The van der Waals surface area contributed by atoms with Crippen LogP contribution in [0, 0.1) is 0 Å². The minimum Gasteiger partial charge on any atom is -0.440 e. The maximum Gasteiger partial charge on any atom is 0.338 e. The summed E-state index contributed by atoms with van der Waals surface area (Å²) in [5.41, 5.74) is 6.86. The van der Waals surface area contributed by atoms with Crippen molar-refractivity contribution in [2.75, 3.05) is 12.8 Å². The molecule has 10 heteroatoms. The summed E-state index contributed by atoms with van der Waals surface area (Å²) in [7, 11) is -3.33. The maximum absolute atomic E-state index is 11.7. The maximum atomic E-state index is 11.7. The van der Waals surface area contributed by atoms with Crippen LogP contribution in [-0.2, 0) is 16.3 Å². The molecule has 152 valence electrons. The zero-order chi connectivity index (χ0) is 21.2. The van der Waals surface area contributed by atoms with Gasteiger partial charge in [0.05, 0.1) is 11.4 Å². The monoisotopic (exact) mass is 435 g/mol. The van der Waals surface area contributed by atoms with Crippen molar-refractivity contribution in [2.24, 2.45) is 5.73 Å². The number of hydroxylamine groups is 2. The highest BCUT2D eigenvalue weighted by molar-refractivity contribution is 7.90. The smallest absolute Gasteiger partial charge is 0.338 e. The number of benzene rings is 2. The number of primary amides is 1. The number of amides is 2. The van der Waals surface area contributed by atoms with Gasteiger partial charge in [0, 0.05) is 28.8 Å². The van der Waals surface area contributed by atoms with Crippen molar-refractivity contribution in [1.82, 2.24) is 10.0 Å². The Bertz CT molecular complexity index is 1130. The summed E-state index contributed by atoms with van der Waals surface area (Å²) in [6.07, 6.45) is 1.26. The molecule has 2 amide bonds. The van der Waals surface area contributed by atoms with E-state index in [9.17, 15) is 18.4 Å². The molecule has 0 unspecified atom stereocenters. The molecule has 3 aromatic rings. The zero-order valence-electron chi connectivity index (χ0n) is 15.4. The fourth-order valence-corrected chi connectivity index (χ4v) is 3.39. The quantitative estimate of drug-likeness (QED) is 0.451. The van der Waals surface area contributed by atoms with Gasteiger partial charge < -0.3 is 10.2 Å². The molecule has 0 atom stereocenters. The summed E-state index contributed by atoms with van der Waals surface area (Å²) in [5, 5.41) is 10.4. The van der Waals surface area contributed by atoms with Gasteiger partial charge in [-0.05, 0) is 36.4 Å². The Morgan fingerprint density at radius 2 is 1.72 bits per heavy atom. The van der Waals surface area contributed by atoms with Crippen molar-refractivity contribution in [2.45, 2.75) is 11.3 Å². The van der Waals surface area contributed by atoms with E-state index in [1.165, 1.54) is 12.1 Å². The van der Waals surface area contributed by atoms with Crippen molar-refractivity contribution >= 4 is 27.5 Å². The molecule has 0 radical (unpaired) electrons. The minimum absolute atomic E-state index is 0.0949. The van der Waals surface area contributed by atoms with Gasteiger partial charge in [-0.2, -0.15) is 0 Å². The Hall–Kier alpha value is -2.88. The van der Waals surface area contributed by atoms with E-state index in [2.05, 4.69) is 4.98 Å². The van der Waals surface area contributed by atoms with E-state index in [0.29, 0.717) is 32.7 Å². The zero-order valence-corrected chi connectivity index (χ0v) is 16.9. The highest BCUT2D eigenvalue weighted by atomic mass is 35.5. The van der Waals surface area contributed by atoms with Gasteiger partial charge in [0.2, 0.25) is 0 Å². The number of urea groups is 1. The lowest BCUT2D eigenvalue weighted by Crippen LogP contribution is -2.34.